The quantitative estimate of drug-likeness (QED) is 0.603. The van der Waals surface area contributed by atoms with E-state index in [0.717, 1.165) is 54.2 Å². The van der Waals surface area contributed by atoms with Crippen LogP contribution in [-0.4, -0.2) is 44.2 Å². The lowest BCUT2D eigenvalue weighted by Crippen LogP contribution is -2.44. The number of guanidine groups is 1. The van der Waals surface area contributed by atoms with Crippen molar-refractivity contribution in [1.82, 2.24) is 15.6 Å². The minimum Gasteiger partial charge on any atom is -0.495 e. The maximum atomic E-state index is 6.17. The van der Waals surface area contributed by atoms with Crippen LogP contribution in [0.5, 0.6) is 5.75 Å². The maximum absolute atomic E-state index is 6.17. The second-order valence-corrected chi connectivity index (χ2v) is 7.55. The summed E-state index contributed by atoms with van der Waals surface area (Å²) in [7, 11) is 3.48. The molecule has 1 fully saturated rings. The van der Waals surface area contributed by atoms with E-state index in [9.17, 15) is 0 Å². The zero-order valence-electron chi connectivity index (χ0n) is 15.3. The van der Waals surface area contributed by atoms with Gasteiger partial charge in [0.1, 0.15) is 5.75 Å². The molecule has 0 radical (unpaired) electrons. The van der Waals surface area contributed by atoms with Crippen molar-refractivity contribution < 1.29 is 4.74 Å². The van der Waals surface area contributed by atoms with Gasteiger partial charge in [0, 0.05) is 36.1 Å². The Morgan fingerprint density at radius 1 is 1.50 bits per heavy atom. The summed E-state index contributed by atoms with van der Waals surface area (Å²) in [5.74, 6) is 1.65. The molecule has 6 nitrogen and oxygen atoms in total. The molecule has 1 aromatic heterocycles. The molecule has 140 valence electrons. The summed E-state index contributed by atoms with van der Waals surface area (Å²) >= 11 is 7.82. The topological polar surface area (TPSA) is 61.8 Å². The highest BCUT2D eigenvalue weighted by atomic mass is 35.5. The molecule has 2 heterocycles. The monoisotopic (exact) mass is 393 g/mol. The number of halogens is 1. The number of thiazole rings is 1. The van der Waals surface area contributed by atoms with E-state index < -0.39 is 0 Å². The predicted molar refractivity (Wildman–Crippen MR) is 109 cm³/mol. The van der Waals surface area contributed by atoms with Crippen molar-refractivity contribution >= 4 is 34.6 Å². The first-order valence-corrected chi connectivity index (χ1v) is 9.81. The summed E-state index contributed by atoms with van der Waals surface area (Å²) in [6.07, 6.45) is 1.02. The van der Waals surface area contributed by atoms with Gasteiger partial charge in [0.05, 0.1) is 30.5 Å². The van der Waals surface area contributed by atoms with E-state index in [1.54, 1.807) is 25.5 Å². The van der Waals surface area contributed by atoms with E-state index in [1.807, 2.05) is 30.6 Å². The van der Waals surface area contributed by atoms with Gasteiger partial charge in [-0.2, -0.15) is 0 Å². The number of rotatable bonds is 5. The van der Waals surface area contributed by atoms with E-state index in [4.69, 9.17) is 16.3 Å². The van der Waals surface area contributed by atoms with Crippen molar-refractivity contribution in [2.75, 3.05) is 32.1 Å². The van der Waals surface area contributed by atoms with Crippen LogP contribution in [0, 0.1) is 6.92 Å². The fourth-order valence-corrected chi connectivity index (χ4v) is 3.94. The molecular formula is C18H24ClN5OS. The first kappa shape index (κ1) is 18.8. The van der Waals surface area contributed by atoms with Gasteiger partial charge in [-0.05, 0) is 31.5 Å². The van der Waals surface area contributed by atoms with Crippen LogP contribution >= 0.6 is 22.9 Å². The Morgan fingerprint density at radius 3 is 3.04 bits per heavy atom. The number of aryl methyl sites for hydroxylation is 1. The molecule has 3 rings (SSSR count). The lowest BCUT2D eigenvalue weighted by molar-refractivity contribution is 0.415. The van der Waals surface area contributed by atoms with Gasteiger partial charge < -0.3 is 20.3 Å². The highest BCUT2D eigenvalue weighted by Crippen LogP contribution is 2.33. The van der Waals surface area contributed by atoms with Crippen molar-refractivity contribution in [2.45, 2.75) is 25.9 Å². The minimum absolute atomic E-state index is 0.312. The van der Waals surface area contributed by atoms with Crippen molar-refractivity contribution in [1.29, 1.82) is 0 Å². The smallest absolute Gasteiger partial charge is 0.191 e. The van der Waals surface area contributed by atoms with E-state index >= 15 is 0 Å². The summed E-state index contributed by atoms with van der Waals surface area (Å²) < 4.78 is 5.48. The molecule has 1 saturated heterocycles. The molecule has 1 aliphatic heterocycles. The van der Waals surface area contributed by atoms with Crippen LogP contribution in [0.4, 0.5) is 5.69 Å². The molecule has 2 N–H and O–H groups in total. The average molecular weight is 394 g/mol. The Morgan fingerprint density at radius 2 is 2.35 bits per heavy atom. The molecule has 1 aromatic carbocycles. The Labute approximate surface area is 163 Å². The third-order valence-corrected chi connectivity index (χ3v) is 5.67. The Hall–Kier alpha value is -1.99. The van der Waals surface area contributed by atoms with Crippen LogP contribution in [0.2, 0.25) is 5.02 Å². The number of benzene rings is 1. The van der Waals surface area contributed by atoms with Gasteiger partial charge in [-0.15, -0.1) is 11.3 Å². The van der Waals surface area contributed by atoms with E-state index in [-0.39, 0.29) is 0 Å². The number of aromatic nitrogens is 1. The fraction of sp³-hybridized carbons (Fsp3) is 0.444. The summed E-state index contributed by atoms with van der Waals surface area (Å²) in [6, 6.07) is 6.04. The van der Waals surface area contributed by atoms with E-state index in [1.165, 1.54) is 4.88 Å². The molecule has 1 atom stereocenters. The summed E-state index contributed by atoms with van der Waals surface area (Å²) in [6.45, 7) is 4.57. The number of nitrogens with one attached hydrogen (secondary N) is 2. The number of nitrogens with zero attached hydrogens (tertiary/aromatic N) is 3. The molecule has 8 heteroatoms. The summed E-state index contributed by atoms with van der Waals surface area (Å²) in [5, 5.41) is 7.60. The molecular weight excluding hydrogens is 370 g/mol. The zero-order chi connectivity index (χ0) is 18.5. The number of aliphatic imine (C=N–C) groups is 1. The lowest BCUT2D eigenvalue weighted by Gasteiger charge is -2.22. The highest BCUT2D eigenvalue weighted by Gasteiger charge is 2.25. The minimum atomic E-state index is 0.312. The number of anilines is 1. The van der Waals surface area contributed by atoms with Gasteiger partial charge in [0.15, 0.2) is 5.96 Å². The predicted octanol–water partition coefficient (Wildman–Crippen LogP) is 3.06. The first-order valence-electron chi connectivity index (χ1n) is 8.55. The molecule has 1 unspecified atom stereocenters. The molecule has 0 saturated carbocycles. The van der Waals surface area contributed by atoms with Gasteiger partial charge in [-0.3, -0.25) is 4.99 Å². The Kier molecular flexibility index (Phi) is 6.21. The summed E-state index contributed by atoms with van der Waals surface area (Å²) in [5.41, 5.74) is 3.97. The van der Waals surface area contributed by atoms with Gasteiger partial charge in [0.25, 0.3) is 0 Å². The van der Waals surface area contributed by atoms with Crippen LogP contribution in [0.3, 0.4) is 0 Å². The lowest BCUT2D eigenvalue weighted by atomic mass is 10.2. The number of hydrogen-bond acceptors (Lipinski definition) is 5. The maximum Gasteiger partial charge on any atom is 0.191 e. The molecule has 0 bridgehead atoms. The second kappa shape index (κ2) is 8.60. The van der Waals surface area contributed by atoms with Crippen LogP contribution in [0.25, 0.3) is 0 Å². The Bertz CT molecular complexity index is 779. The fourth-order valence-electron chi connectivity index (χ4n) is 3.06. The zero-order valence-corrected chi connectivity index (χ0v) is 16.8. The molecule has 0 amide bonds. The number of methoxy groups -OCH3 is 1. The second-order valence-electron chi connectivity index (χ2n) is 6.18. The largest absolute Gasteiger partial charge is 0.495 e. The van der Waals surface area contributed by atoms with E-state index in [2.05, 4.69) is 25.5 Å². The molecule has 0 aliphatic carbocycles. The molecule has 0 spiro atoms. The van der Waals surface area contributed by atoms with Gasteiger partial charge in [-0.25, -0.2) is 4.98 Å². The van der Waals surface area contributed by atoms with Crippen LogP contribution in [0.1, 0.15) is 17.0 Å². The third-order valence-electron chi connectivity index (χ3n) is 4.50. The van der Waals surface area contributed by atoms with E-state index in [0.29, 0.717) is 6.04 Å². The van der Waals surface area contributed by atoms with Crippen LogP contribution in [-0.2, 0) is 6.54 Å². The standard InChI is InChI=1S/C18H24ClN5OS/c1-12-17(26-11-22-12)9-21-18(20-2)23-14-6-7-24(10-14)15-8-13(19)4-5-16(15)25-3/h4-5,8,11,14H,6-7,9-10H2,1-3H3,(H2,20,21,23). The van der Waals surface area contributed by atoms with Crippen molar-refractivity contribution in [3.05, 3.63) is 39.3 Å². The average Bonchev–Trinajstić information content (AvgIpc) is 3.27. The third kappa shape index (κ3) is 4.40. The highest BCUT2D eigenvalue weighted by molar-refractivity contribution is 7.09. The molecule has 1 aliphatic rings. The number of ether oxygens (including phenoxy) is 1. The Balaban J connectivity index is 1.58. The normalized spacial score (nSPS) is 17.5. The van der Waals surface area contributed by atoms with Crippen LogP contribution < -0.4 is 20.3 Å². The van der Waals surface area contributed by atoms with Gasteiger partial charge in [0.2, 0.25) is 0 Å². The van der Waals surface area contributed by atoms with Crippen molar-refractivity contribution in [2.24, 2.45) is 4.99 Å². The first-order chi connectivity index (χ1) is 12.6. The number of hydrogen-bond donors (Lipinski definition) is 2. The SMILES string of the molecule is CN=C(NCc1scnc1C)NC1CCN(c2cc(Cl)ccc2OC)C1. The van der Waals surface area contributed by atoms with Crippen molar-refractivity contribution in [3.63, 3.8) is 0 Å². The molecule has 2 aromatic rings. The van der Waals surface area contributed by atoms with Crippen molar-refractivity contribution in [3.8, 4) is 5.75 Å². The molecule has 26 heavy (non-hydrogen) atoms. The van der Waals surface area contributed by atoms with Gasteiger partial charge in [-0.1, -0.05) is 11.6 Å². The summed E-state index contributed by atoms with van der Waals surface area (Å²) in [4.78, 5) is 12.1. The van der Waals surface area contributed by atoms with Crippen LogP contribution in [0.15, 0.2) is 28.7 Å². The van der Waals surface area contributed by atoms with Gasteiger partial charge >= 0.3 is 0 Å².